The molecule has 0 bridgehead atoms. The van der Waals surface area contributed by atoms with Crippen molar-refractivity contribution >= 4 is 14.4 Å². The van der Waals surface area contributed by atoms with Gasteiger partial charge in [0, 0.05) is 6.08 Å². The average Bonchev–Trinajstić information content (AvgIpc) is 2.43. The summed E-state index contributed by atoms with van der Waals surface area (Å²) in [5, 5.41) is 0. The molecule has 0 saturated heterocycles. The van der Waals surface area contributed by atoms with Crippen LogP contribution in [0.25, 0.3) is 0 Å². The number of carbonyl (C=O) groups is 1. The number of esters is 1. The first-order valence-corrected chi connectivity index (χ1v) is 12.0. The van der Waals surface area contributed by atoms with Crippen LogP contribution < -0.4 is 0 Å². The van der Waals surface area contributed by atoms with Crippen molar-refractivity contribution in [1.82, 2.24) is 0 Å². The van der Waals surface area contributed by atoms with Crippen LogP contribution in [-0.2, 0) is 9.53 Å². The number of unbranched alkanes of at least 4 members (excludes halogenated alkanes) is 8. The highest BCUT2D eigenvalue weighted by Crippen LogP contribution is 2.17. The van der Waals surface area contributed by atoms with Gasteiger partial charge in [0.15, 0.2) is 0 Å². The van der Waals surface area contributed by atoms with Gasteiger partial charge in [0.1, 0.15) is 0 Å². The summed E-state index contributed by atoms with van der Waals surface area (Å²) in [5.41, 5.74) is 0. The molecule has 0 fully saturated rings. The van der Waals surface area contributed by atoms with Crippen molar-refractivity contribution in [2.24, 2.45) is 0 Å². The van der Waals surface area contributed by atoms with E-state index in [0.29, 0.717) is 0 Å². The van der Waals surface area contributed by atoms with E-state index in [4.69, 9.17) is 4.74 Å². The molecular formula is C18H35FO2Si. The standard InChI is InChI=1S/C18H35FO2Si/c1-5-18(20)21-17(2)15-13-11-9-7-6-8-10-12-14-16-22(3,4)19/h5,17H,1,6-16H2,2-4H3. The molecule has 0 aliphatic carbocycles. The second kappa shape index (κ2) is 12.9. The summed E-state index contributed by atoms with van der Waals surface area (Å²) in [6, 6.07) is 0.821. The first-order valence-electron chi connectivity index (χ1n) is 8.87. The Kier molecular flexibility index (Phi) is 12.5. The fourth-order valence-electron chi connectivity index (χ4n) is 2.52. The summed E-state index contributed by atoms with van der Waals surface area (Å²) in [7, 11) is -2.31. The highest BCUT2D eigenvalue weighted by Gasteiger charge is 2.18. The average molecular weight is 331 g/mol. The lowest BCUT2D eigenvalue weighted by atomic mass is 10.1. The van der Waals surface area contributed by atoms with E-state index >= 15 is 0 Å². The van der Waals surface area contributed by atoms with Crippen LogP contribution in [0.3, 0.4) is 0 Å². The van der Waals surface area contributed by atoms with Crippen LogP contribution in [0.5, 0.6) is 0 Å². The highest BCUT2D eigenvalue weighted by atomic mass is 28.4. The van der Waals surface area contributed by atoms with Gasteiger partial charge in [-0.15, -0.1) is 0 Å². The van der Waals surface area contributed by atoms with Crippen molar-refractivity contribution in [1.29, 1.82) is 0 Å². The van der Waals surface area contributed by atoms with E-state index in [9.17, 15) is 8.90 Å². The topological polar surface area (TPSA) is 26.3 Å². The largest absolute Gasteiger partial charge is 0.460 e. The van der Waals surface area contributed by atoms with Crippen molar-refractivity contribution in [3.8, 4) is 0 Å². The molecule has 0 aromatic rings. The van der Waals surface area contributed by atoms with Gasteiger partial charge in [-0.2, -0.15) is 0 Å². The third-order valence-corrected chi connectivity index (χ3v) is 5.41. The van der Waals surface area contributed by atoms with E-state index in [1.807, 2.05) is 6.92 Å². The Morgan fingerprint density at radius 2 is 1.50 bits per heavy atom. The van der Waals surface area contributed by atoms with Crippen LogP contribution in [0, 0.1) is 0 Å². The number of carbonyl (C=O) groups excluding carboxylic acids is 1. The maximum absolute atomic E-state index is 13.4. The summed E-state index contributed by atoms with van der Waals surface area (Å²) < 4.78 is 18.5. The van der Waals surface area contributed by atoms with Gasteiger partial charge in [0.2, 0.25) is 8.41 Å². The normalized spacial score (nSPS) is 12.9. The SMILES string of the molecule is C=CC(=O)OC(C)CCCCCCCCCCC[Si](C)(C)F. The third-order valence-electron chi connectivity index (χ3n) is 3.87. The fourth-order valence-corrected chi connectivity index (χ4v) is 3.61. The number of hydrogen-bond acceptors (Lipinski definition) is 2. The molecule has 2 nitrogen and oxygen atoms in total. The predicted molar refractivity (Wildman–Crippen MR) is 95.3 cm³/mol. The van der Waals surface area contributed by atoms with Crippen molar-refractivity contribution in [3.05, 3.63) is 12.7 Å². The number of ether oxygens (including phenoxy) is 1. The van der Waals surface area contributed by atoms with Crippen LogP contribution in [-0.4, -0.2) is 20.5 Å². The number of rotatable bonds is 14. The zero-order valence-electron chi connectivity index (χ0n) is 14.8. The molecule has 0 amide bonds. The smallest absolute Gasteiger partial charge is 0.330 e. The van der Waals surface area contributed by atoms with Gasteiger partial charge in [-0.05, 0) is 38.9 Å². The Bertz CT molecular complexity index is 300. The first kappa shape index (κ1) is 21.4. The molecule has 0 radical (unpaired) electrons. The van der Waals surface area contributed by atoms with E-state index in [1.54, 1.807) is 13.1 Å². The second-order valence-corrected chi connectivity index (χ2v) is 10.8. The molecule has 0 aromatic carbocycles. The Morgan fingerprint density at radius 1 is 1.05 bits per heavy atom. The van der Waals surface area contributed by atoms with E-state index in [0.717, 1.165) is 25.3 Å². The molecule has 1 unspecified atom stereocenters. The van der Waals surface area contributed by atoms with E-state index in [-0.39, 0.29) is 12.1 Å². The van der Waals surface area contributed by atoms with Gasteiger partial charge in [-0.25, -0.2) is 4.79 Å². The van der Waals surface area contributed by atoms with Gasteiger partial charge >= 0.3 is 5.97 Å². The van der Waals surface area contributed by atoms with Crippen LogP contribution >= 0.6 is 0 Å². The summed E-state index contributed by atoms with van der Waals surface area (Å²) in [6.07, 6.45) is 13.1. The molecule has 1 atom stereocenters. The van der Waals surface area contributed by atoms with Gasteiger partial charge < -0.3 is 8.84 Å². The zero-order chi connectivity index (χ0) is 16.8. The van der Waals surface area contributed by atoms with Gasteiger partial charge in [-0.3, -0.25) is 0 Å². The van der Waals surface area contributed by atoms with Crippen molar-refractivity contribution in [2.45, 2.75) is 96.4 Å². The van der Waals surface area contributed by atoms with Crippen molar-refractivity contribution < 1.29 is 13.6 Å². The molecule has 0 spiro atoms. The van der Waals surface area contributed by atoms with Gasteiger partial charge in [-0.1, -0.05) is 57.9 Å². The lowest BCUT2D eigenvalue weighted by Gasteiger charge is -2.11. The zero-order valence-corrected chi connectivity index (χ0v) is 15.8. The molecular weight excluding hydrogens is 295 g/mol. The lowest BCUT2D eigenvalue weighted by Crippen LogP contribution is -2.16. The van der Waals surface area contributed by atoms with Crippen molar-refractivity contribution in [2.75, 3.05) is 0 Å². The minimum absolute atomic E-state index is 0.00574. The van der Waals surface area contributed by atoms with Crippen LogP contribution in [0.1, 0.15) is 71.1 Å². The predicted octanol–water partition coefficient (Wildman–Crippen LogP) is 6.18. The molecule has 0 aromatic heterocycles. The quantitative estimate of drug-likeness (QED) is 0.125. The minimum Gasteiger partial charge on any atom is -0.460 e. The van der Waals surface area contributed by atoms with E-state index < -0.39 is 8.41 Å². The summed E-state index contributed by atoms with van der Waals surface area (Å²) in [5.74, 6) is -0.327. The third kappa shape index (κ3) is 15.7. The molecule has 4 heteroatoms. The summed E-state index contributed by atoms with van der Waals surface area (Å²) in [4.78, 5) is 11.0. The monoisotopic (exact) mass is 330 g/mol. The molecule has 0 N–H and O–H groups in total. The summed E-state index contributed by atoms with van der Waals surface area (Å²) in [6.45, 7) is 8.92. The maximum Gasteiger partial charge on any atom is 0.330 e. The minimum atomic E-state index is -2.31. The molecule has 22 heavy (non-hydrogen) atoms. The van der Waals surface area contributed by atoms with E-state index in [1.165, 1.54) is 51.0 Å². The fraction of sp³-hybridized carbons (Fsp3) is 0.833. The van der Waals surface area contributed by atoms with Crippen LogP contribution in [0.15, 0.2) is 12.7 Å². The Morgan fingerprint density at radius 3 is 1.95 bits per heavy atom. The van der Waals surface area contributed by atoms with Crippen LogP contribution in [0.2, 0.25) is 19.1 Å². The second-order valence-electron chi connectivity index (χ2n) is 6.89. The molecule has 0 rings (SSSR count). The van der Waals surface area contributed by atoms with Crippen LogP contribution in [0.4, 0.5) is 4.11 Å². The number of halogens is 1. The molecule has 0 aliphatic rings. The molecule has 130 valence electrons. The first-order chi connectivity index (χ1) is 10.3. The molecule has 0 heterocycles. The van der Waals surface area contributed by atoms with E-state index in [2.05, 4.69) is 6.58 Å². The number of hydrogen-bond donors (Lipinski definition) is 0. The van der Waals surface area contributed by atoms with Gasteiger partial charge in [0.25, 0.3) is 0 Å². The Labute approximate surface area is 137 Å². The maximum atomic E-state index is 13.4. The lowest BCUT2D eigenvalue weighted by molar-refractivity contribution is -0.142. The Balaban J connectivity index is 3.24. The van der Waals surface area contributed by atoms with Crippen molar-refractivity contribution in [3.63, 3.8) is 0 Å². The molecule has 0 aliphatic heterocycles. The van der Waals surface area contributed by atoms with Gasteiger partial charge in [0.05, 0.1) is 6.10 Å². The summed E-state index contributed by atoms with van der Waals surface area (Å²) >= 11 is 0. The molecule has 0 saturated carbocycles. The highest BCUT2D eigenvalue weighted by molar-refractivity contribution is 6.70. The Hall–Kier alpha value is -0.643.